The molecule has 1 aromatic rings. The van der Waals surface area contributed by atoms with Gasteiger partial charge >= 0.3 is 5.97 Å². The summed E-state index contributed by atoms with van der Waals surface area (Å²) in [5, 5.41) is 12.5. The Morgan fingerprint density at radius 3 is 2.83 bits per heavy atom. The van der Waals surface area contributed by atoms with E-state index in [0.29, 0.717) is 11.0 Å². The Morgan fingerprint density at radius 2 is 2.22 bits per heavy atom. The molecule has 0 bridgehead atoms. The number of carbonyl (C=O) groups is 1. The molecule has 1 aromatic heterocycles. The van der Waals surface area contributed by atoms with Gasteiger partial charge in [0.2, 0.25) is 0 Å². The minimum absolute atomic E-state index is 0.154. The van der Waals surface area contributed by atoms with Crippen LogP contribution in [-0.4, -0.2) is 22.1 Å². The van der Waals surface area contributed by atoms with E-state index in [0.717, 1.165) is 12.8 Å². The zero-order chi connectivity index (χ0) is 13.5. The summed E-state index contributed by atoms with van der Waals surface area (Å²) < 4.78 is 0. The van der Waals surface area contributed by atoms with Crippen molar-refractivity contribution in [3.8, 4) is 0 Å². The normalized spacial score (nSPS) is 12.2. The second-order valence-corrected chi connectivity index (χ2v) is 4.76. The molecule has 0 spiro atoms. The summed E-state index contributed by atoms with van der Waals surface area (Å²) in [6.07, 6.45) is 4.46. The van der Waals surface area contributed by atoms with Crippen molar-refractivity contribution in [3.63, 3.8) is 0 Å². The number of hydrogen-bond donors (Lipinski definition) is 2. The summed E-state index contributed by atoms with van der Waals surface area (Å²) in [6, 6.07) is 3.14. The van der Waals surface area contributed by atoms with Crippen LogP contribution in [0, 0.1) is 0 Å². The number of nitrogens with one attached hydrogen (secondary N) is 1. The Labute approximate surface area is 112 Å². The number of nitrogens with zero attached hydrogens (tertiary/aromatic N) is 1. The van der Waals surface area contributed by atoms with Crippen LogP contribution in [0.5, 0.6) is 0 Å². The van der Waals surface area contributed by atoms with Gasteiger partial charge in [-0.15, -0.1) is 0 Å². The molecule has 100 valence electrons. The SMILES string of the molecule is CCCCCC(C)Nc1nc(Cl)ccc1C(=O)O. The highest BCUT2D eigenvalue weighted by molar-refractivity contribution is 6.29. The van der Waals surface area contributed by atoms with E-state index in [9.17, 15) is 4.79 Å². The monoisotopic (exact) mass is 270 g/mol. The molecule has 0 aliphatic rings. The summed E-state index contributed by atoms with van der Waals surface area (Å²) >= 11 is 5.79. The topological polar surface area (TPSA) is 62.2 Å². The highest BCUT2D eigenvalue weighted by Crippen LogP contribution is 2.18. The van der Waals surface area contributed by atoms with E-state index in [-0.39, 0.29) is 11.6 Å². The van der Waals surface area contributed by atoms with Gasteiger partial charge in [-0.2, -0.15) is 0 Å². The van der Waals surface area contributed by atoms with E-state index < -0.39 is 5.97 Å². The average Bonchev–Trinajstić information content (AvgIpc) is 2.29. The first-order valence-corrected chi connectivity index (χ1v) is 6.58. The van der Waals surface area contributed by atoms with Crippen LogP contribution >= 0.6 is 11.6 Å². The maximum atomic E-state index is 11.1. The maximum absolute atomic E-state index is 11.1. The number of aromatic carboxylic acids is 1. The molecular formula is C13H19ClN2O2. The minimum atomic E-state index is -0.998. The van der Waals surface area contributed by atoms with Crippen molar-refractivity contribution in [1.29, 1.82) is 0 Å². The van der Waals surface area contributed by atoms with Crippen LogP contribution in [0.2, 0.25) is 5.15 Å². The lowest BCUT2D eigenvalue weighted by molar-refractivity contribution is 0.0697. The molecule has 0 amide bonds. The summed E-state index contributed by atoms with van der Waals surface area (Å²) in [6.45, 7) is 4.17. The first kappa shape index (κ1) is 14.8. The Morgan fingerprint density at radius 1 is 1.50 bits per heavy atom. The molecule has 0 saturated heterocycles. The quantitative estimate of drug-likeness (QED) is 0.584. The molecule has 1 heterocycles. The van der Waals surface area contributed by atoms with Crippen LogP contribution in [0.25, 0.3) is 0 Å². The smallest absolute Gasteiger partial charge is 0.339 e. The Hall–Kier alpha value is -1.29. The minimum Gasteiger partial charge on any atom is -0.478 e. The summed E-state index contributed by atoms with van der Waals surface area (Å²) in [4.78, 5) is 15.1. The zero-order valence-electron chi connectivity index (χ0n) is 10.7. The van der Waals surface area contributed by atoms with Crippen molar-refractivity contribution >= 4 is 23.4 Å². The predicted molar refractivity (Wildman–Crippen MR) is 73.4 cm³/mol. The fraction of sp³-hybridized carbons (Fsp3) is 0.538. The number of hydrogen-bond acceptors (Lipinski definition) is 3. The van der Waals surface area contributed by atoms with Crippen LogP contribution in [-0.2, 0) is 0 Å². The van der Waals surface area contributed by atoms with E-state index in [2.05, 4.69) is 17.2 Å². The van der Waals surface area contributed by atoms with E-state index in [1.54, 1.807) is 0 Å². The molecule has 0 saturated carbocycles. The molecule has 1 unspecified atom stereocenters. The standard InChI is InChI=1S/C13H19ClN2O2/c1-3-4-5-6-9(2)15-12-10(13(17)18)7-8-11(14)16-12/h7-9H,3-6H2,1-2H3,(H,15,16)(H,17,18). The zero-order valence-corrected chi connectivity index (χ0v) is 11.5. The third kappa shape index (κ3) is 4.53. The van der Waals surface area contributed by atoms with Crippen molar-refractivity contribution in [2.75, 3.05) is 5.32 Å². The van der Waals surface area contributed by atoms with Crippen LogP contribution in [0.15, 0.2) is 12.1 Å². The van der Waals surface area contributed by atoms with E-state index in [1.165, 1.54) is 25.0 Å². The number of anilines is 1. The van der Waals surface area contributed by atoms with Crippen molar-refractivity contribution in [2.24, 2.45) is 0 Å². The number of unbranched alkanes of at least 4 members (excludes halogenated alkanes) is 2. The van der Waals surface area contributed by atoms with Crippen molar-refractivity contribution in [2.45, 2.75) is 45.6 Å². The van der Waals surface area contributed by atoms with Gasteiger partial charge in [0.15, 0.2) is 0 Å². The van der Waals surface area contributed by atoms with Crippen molar-refractivity contribution < 1.29 is 9.90 Å². The lowest BCUT2D eigenvalue weighted by atomic mass is 10.1. The van der Waals surface area contributed by atoms with Gasteiger partial charge in [-0.05, 0) is 25.5 Å². The molecular weight excluding hydrogens is 252 g/mol. The van der Waals surface area contributed by atoms with Crippen molar-refractivity contribution in [1.82, 2.24) is 4.98 Å². The molecule has 0 radical (unpaired) electrons. The molecule has 0 aliphatic heterocycles. The Balaban J connectivity index is 2.70. The van der Waals surface area contributed by atoms with Gasteiger partial charge in [-0.1, -0.05) is 37.8 Å². The fourth-order valence-corrected chi connectivity index (χ4v) is 1.87. The molecule has 2 N–H and O–H groups in total. The van der Waals surface area contributed by atoms with Crippen LogP contribution in [0.3, 0.4) is 0 Å². The number of rotatable bonds is 7. The molecule has 5 heteroatoms. The molecule has 1 atom stereocenters. The number of carboxylic acid groups (broad SMARTS) is 1. The van der Waals surface area contributed by atoms with Crippen LogP contribution in [0.1, 0.15) is 49.9 Å². The molecule has 0 fully saturated rings. The molecule has 0 aliphatic carbocycles. The van der Waals surface area contributed by atoms with Gasteiger partial charge < -0.3 is 10.4 Å². The second kappa shape index (κ2) is 7.21. The van der Waals surface area contributed by atoms with Gasteiger partial charge in [0.05, 0.1) is 0 Å². The number of halogens is 1. The molecule has 1 rings (SSSR count). The van der Waals surface area contributed by atoms with E-state index >= 15 is 0 Å². The number of carboxylic acids is 1. The summed E-state index contributed by atoms with van der Waals surface area (Å²) in [7, 11) is 0. The van der Waals surface area contributed by atoms with Crippen LogP contribution < -0.4 is 5.32 Å². The maximum Gasteiger partial charge on any atom is 0.339 e. The predicted octanol–water partition coefficient (Wildman–Crippen LogP) is 3.81. The molecule has 4 nitrogen and oxygen atoms in total. The third-order valence-corrected chi connectivity index (χ3v) is 2.93. The highest BCUT2D eigenvalue weighted by atomic mass is 35.5. The van der Waals surface area contributed by atoms with E-state index in [1.807, 2.05) is 6.92 Å². The first-order chi connectivity index (χ1) is 8.54. The van der Waals surface area contributed by atoms with Gasteiger partial charge in [-0.25, -0.2) is 9.78 Å². The lowest BCUT2D eigenvalue weighted by Gasteiger charge is -2.15. The Bertz CT molecular complexity index is 410. The lowest BCUT2D eigenvalue weighted by Crippen LogP contribution is -2.18. The fourth-order valence-electron chi connectivity index (χ4n) is 1.72. The van der Waals surface area contributed by atoms with Crippen LogP contribution in [0.4, 0.5) is 5.82 Å². The average molecular weight is 271 g/mol. The molecule has 0 aromatic carbocycles. The van der Waals surface area contributed by atoms with Gasteiger partial charge in [0.1, 0.15) is 16.5 Å². The number of pyridine rings is 1. The summed E-state index contributed by atoms with van der Waals surface area (Å²) in [5.74, 6) is -0.651. The van der Waals surface area contributed by atoms with E-state index in [4.69, 9.17) is 16.7 Å². The van der Waals surface area contributed by atoms with Gasteiger partial charge in [-0.3, -0.25) is 0 Å². The number of aromatic nitrogens is 1. The second-order valence-electron chi connectivity index (χ2n) is 4.38. The highest BCUT2D eigenvalue weighted by Gasteiger charge is 2.13. The Kier molecular flexibility index (Phi) is 5.92. The third-order valence-electron chi connectivity index (χ3n) is 2.72. The first-order valence-electron chi connectivity index (χ1n) is 6.21. The molecule has 18 heavy (non-hydrogen) atoms. The summed E-state index contributed by atoms with van der Waals surface area (Å²) in [5.41, 5.74) is 0.154. The van der Waals surface area contributed by atoms with Crippen molar-refractivity contribution in [3.05, 3.63) is 22.8 Å². The van der Waals surface area contributed by atoms with Gasteiger partial charge in [0, 0.05) is 6.04 Å². The van der Waals surface area contributed by atoms with Gasteiger partial charge in [0.25, 0.3) is 0 Å². The largest absolute Gasteiger partial charge is 0.478 e.